The molecule has 0 fully saturated rings. The van der Waals surface area contributed by atoms with Crippen molar-refractivity contribution < 1.29 is 9.84 Å². The summed E-state index contributed by atoms with van der Waals surface area (Å²) in [6, 6.07) is 4.94. The number of ether oxygens (including phenoxy) is 1. The summed E-state index contributed by atoms with van der Waals surface area (Å²) in [5.41, 5.74) is 5.29. The molecule has 0 bridgehead atoms. The Hall–Kier alpha value is -0.480. The summed E-state index contributed by atoms with van der Waals surface area (Å²) in [5.74, 6) is 0.511. The molecule has 1 rings (SSSR count). The fourth-order valence-corrected chi connectivity index (χ4v) is 1.52. The Labute approximate surface area is 98.7 Å². The van der Waals surface area contributed by atoms with E-state index in [9.17, 15) is 5.11 Å². The number of aliphatic hydroxyl groups excluding tert-OH is 1. The number of benzene rings is 1. The highest BCUT2D eigenvalue weighted by Gasteiger charge is 2.06. The van der Waals surface area contributed by atoms with E-state index in [-0.39, 0.29) is 6.61 Å². The second-order valence-electron chi connectivity index (χ2n) is 3.12. The van der Waals surface area contributed by atoms with Crippen molar-refractivity contribution in [2.75, 3.05) is 13.2 Å². The maximum Gasteiger partial charge on any atom is 0.138 e. The SMILES string of the molecule is NCCC(O)COc1ccc(Cl)cc1Cl. The summed E-state index contributed by atoms with van der Waals surface area (Å²) < 4.78 is 5.31. The molecule has 15 heavy (non-hydrogen) atoms. The van der Waals surface area contributed by atoms with Crippen LogP contribution in [0.1, 0.15) is 6.42 Å². The van der Waals surface area contributed by atoms with Gasteiger partial charge in [0, 0.05) is 5.02 Å². The van der Waals surface area contributed by atoms with Crippen molar-refractivity contribution in [1.29, 1.82) is 0 Å². The zero-order valence-electron chi connectivity index (χ0n) is 8.12. The molecule has 0 aliphatic rings. The molecule has 1 unspecified atom stereocenters. The molecule has 1 atom stereocenters. The fraction of sp³-hybridized carbons (Fsp3) is 0.400. The monoisotopic (exact) mass is 249 g/mol. The summed E-state index contributed by atoms with van der Waals surface area (Å²) in [4.78, 5) is 0. The Balaban J connectivity index is 2.50. The van der Waals surface area contributed by atoms with Gasteiger partial charge in [-0.2, -0.15) is 0 Å². The van der Waals surface area contributed by atoms with Crippen LogP contribution in [0.2, 0.25) is 10.0 Å². The molecule has 84 valence electrons. The van der Waals surface area contributed by atoms with Gasteiger partial charge in [0.15, 0.2) is 0 Å². The van der Waals surface area contributed by atoms with Gasteiger partial charge in [-0.15, -0.1) is 0 Å². The molecule has 0 radical (unpaired) electrons. The van der Waals surface area contributed by atoms with Crippen LogP contribution >= 0.6 is 23.2 Å². The van der Waals surface area contributed by atoms with E-state index < -0.39 is 6.10 Å². The third-order valence-corrected chi connectivity index (χ3v) is 2.36. The van der Waals surface area contributed by atoms with Gasteiger partial charge >= 0.3 is 0 Å². The number of rotatable bonds is 5. The van der Waals surface area contributed by atoms with Crippen LogP contribution in [0.3, 0.4) is 0 Å². The Morgan fingerprint density at radius 2 is 2.13 bits per heavy atom. The number of halogens is 2. The van der Waals surface area contributed by atoms with Gasteiger partial charge in [-0.05, 0) is 31.2 Å². The first-order valence-electron chi connectivity index (χ1n) is 4.59. The number of aliphatic hydroxyl groups is 1. The lowest BCUT2D eigenvalue weighted by Crippen LogP contribution is -2.21. The average Bonchev–Trinajstić information content (AvgIpc) is 2.17. The molecule has 3 nitrogen and oxygen atoms in total. The maximum absolute atomic E-state index is 9.38. The van der Waals surface area contributed by atoms with Crippen LogP contribution in [-0.4, -0.2) is 24.4 Å². The molecule has 0 aliphatic carbocycles. The minimum absolute atomic E-state index is 0.179. The van der Waals surface area contributed by atoms with Crippen LogP contribution in [0.5, 0.6) is 5.75 Å². The molecule has 0 amide bonds. The quantitative estimate of drug-likeness (QED) is 0.841. The van der Waals surface area contributed by atoms with E-state index in [1.165, 1.54) is 0 Å². The van der Waals surface area contributed by atoms with Crippen molar-refractivity contribution >= 4 is 23.2 Å². The van der Waals surface area contributed by atoms with E-state index in [4.69, 9.17) is 33.7 Å². The van der Waals surface area contributed by atoms with Crippen LogP contribution in [-0.2, 0) is 0 Å². The largest absolute Gasteiger partial charge is 0.489 e. The second-order valence-corrected chi connectivity index (χ2v) is 3.96. The average molecular weight is 250 g/mol. The van der Waals surface area contributed by atoms with Crippen LogP contribution < -0.4 is 10.5 Å². The lowest BCUT2D eigenvalue weighted by atomic mass is 10.3. The lowest BCUT2D eigenvalue weighted by molar-refractivity contribution is 0.102. The van der Waals surface area contributed by atoms with Gasteiger partial charge in [0.05, 0.1) is 11.1 Å². The predicted octanol–water partition coefficient (Wildman–Crippen LogP) is 2.08. The molecular formula is C10H13Cl2NO2. The minimum Gasteiger partial charge on any atom is -0.489 e. The number of hydrogen-bond donors (Lipinski definition) is 2. The smallest absolute Gasteiger partial charge is 0.138 e. The summed E-state index contributed by atoms with van der Waals surface area (Å²) in [6.45, 7) is 0.609. The van der Waals surface area contributed by atoms with Gasteiger partial charge in [0.25, 0.3) is 0 Å². The first-order chi connectivity index (χ1) is 7.13. The lowest BCUT2D eigenvalue weighted by Gasteiger charge is -2.12. The molecule has 0 heterocycles. The van der Waals surface area contributed by atoms with Crippen LogP contribution in [0.4, 0.5) is 0 Å². The minimum atomic E-state index is -0.568. The first kappa shape index (κ1) is 12.6. The first-order valence-corrected chi connectivity index (χ1v) is 5.35. The van der Waals surface area contributed by atoms with Gasteiger partial charge in [-0.3, -0.25) is 0 Å². The summed E-state index contributed by atoms with van der Waals surface area (Å²) in [7, 11) is 0. The Bertz CT molecular complexity index is 320. The molecule has 1 aromatic rings. The van der Waals surface area contributed by atoms with Gasteiger partial charge in [0.1, 0.15) is 12.4 Å². The predicted molar refractivity (Wildman–Crippen MR) is 61.6 cm³/mol. The molecule has 0 saturated heterocycles. The van der Waals surface area contributed by atoms with E-state index in [1.807, 2.05) is 0 Å². The van der Waals surface area contributed by atoms with Gasteiger partial charge in [-0.25, -0.2) is 0 Å². The van der Waals surface area contributed by atoms with E-state index in [1.54, 1.807) is 18.2 Å². The second kappa shape index (κ2) is 6.18. The number of nitrogens with two attached hydrogens (primary N) is 1. The highest BCUT2D eigenvalue weighted by Crippen LogP contribution is 2.27. The van der Waals surface area contributed by atoms with Crippen LogP contribution in [0.15, 0.2) is 18.2 Å². The summed E-state index contributed by atoms with van der Waals surface area (Å²) in [5, 5.41) is 10.4. The highest BCUT2D eigenvalue weighted by atomic mass is 35.5. The van der Waals surface area contributed by atoms with Crippen molar-refractivity contribution in [2.45, 2.75) is 12.5 Å². The zero-order chi connectivity index (χ0) is 11.3. The van der Waals surface area contributed by atoms with E-state index in [2.05, 4.69) is 0 Å². The summed E-state index contributed by atoms with van der Waals surface area (Å²) in [6.07, 6.45) is -0.0627. The van der Waals surface area contributed by atoms with Gasteiger partial charge in [0.2, 0.25) is 0 Å². The summed E-state index contributed by atoms with van der Waals surface area (Å²) >= 11 is 11.6. The Morgan fingerprint density at radius 1 is 1.40 bits per heavy atom. The molecule has 5 heteroatoms. The topological polar surface area (TPSA) is 55.5 Å². The third kappa shape index (κ3) is 4.26. The molecule has 0 aliphatic heterocycles. The highest BCUT2D eigenvalue weighted by molar-refractivity contribution is 6.35. The molecule has 1 aromatic carbocycles. The van der Waals surface area contributed by atoms with Crippen LogP contribution in [0.25, 0.3) is 0 Å². The van der Waals surface area contributed by atoms with E-state index >= 15 is 0 Å². The van der Waals surface area contributed by atoms with Crippen molar-refractivity contribution in [3.05, 3.63) is 28.2 Å². The molecule has 0 saturated carbocycles. The Morgan fingerprint density at radius 3 is 2.73 bits per heavy atom. The van der Waals surface area contributed by atoms with Crippen molar-refractivity contribution in [2.24, 2.45) is 5.73 Å². The van der Waals surface area contributed by atoms with Crippen LogP contribution in [0, 0.1) is 0 Å². The van der Waals surface area contributed by atoms with Crippen molar-refractivity contribution in [3.63, 3.8) is 0 Å². The van der Waals surface area contributed by atoms with Gasteiger partial charge in [-0.1, -0.05) is 23.2 Å². The zero-order valence-corrected chi connectivity index (χ0v) is 9.63. The van der Waals surface area contributed by atoms with Crippen molar-refractivity contribution in [1.82, 2.24) is 0 Å². The standard InChI is InChI=1S/C10H13Cl2NO2/c11-7-1-2-10(9(12)5-7)15-6-8(14)3-4-13/h1-2,5,8,14H,3-4,6,13H2. The normalized spacial score (nSPS) is 12.5. The maximum atomic E-state index is 9.38. The van der Waals surface area contributed by atoms with Gasteiger partial charge < -0.3 is 15.6 Å². The third-order valence-electron chi connectivity index (χ3n) is 1.83. The molecule has 0 aromatic heterocycles. The van der Waals surface area contributed by atoms with Crippen molar-refractivity contribution in [3.8, 4) is 5.75 Å². The van der Waals surface area contributed by atoms with E-state index in [0.29, 0.717) is 28.8 Å². The number of hydrogen-bond acceptors (Lipinski definition) is 3. The molecule has 0 spiro atoms. The van der Waals surface area contributed by atoms with E-state index in [0.717, 1.165) is 0 Å². The molecular weight excluding hydrogens is 237 g/mol. The molecule has 3 N–H and O–H groups in total. The Kier molecular flexibility index (Phi) is 5.19. The fourth-order valence-electron chi connectivity index (χ4n) is 1.05.